The number of benzene rings is 1. The Balaban J connectivity index is 1.71. The molecule has 0 aliphatic rings. The highest BCUT2D eigenvalue weighted by Gasteiger charge is 2.16. The Kier molecular flexibility index (Phi) is 6.06. The maximum absolute atomic E-state index is 11.8. The van der Waals surface area contributed by atoms with E-state index in [0.29, 0.717) is 35.4 Å². The van der Waals surface area contributed by atoms with E-state index in [1.807, 2.05) is 22.9 Å². The van der Waals surface area contributed by atoms with Gasteiger partial charge in [0.15, 0.2) is 5.82 Å². The normalized spacial score (nSPS) is 10.8. The van der Waals surface area contributed by atoms with Crippen molar-refractivity contribution in [2.24, 2.45) is 0 Å². The van der Waals surface area contributed by atoms with Gasteiger partial charge >= 0.3 is 6.09 Å². The number of ether oxygens (including phenoxy) is 1. The molecule has 164 valence electrons. The van der Waals surface area contributed by atoms with Crippen LogP contribution in [-0.4, -0.2) is 54.6 Å². The molecule has 11 nitrogen and oxygen atoms in total. The molecule has 0 spiro atoms. The van der Waals surface area contributed by atoms with Gasteiger partial charge in [-0.05, 0) is 25.1 Å². The van der Waals surface area contributed by atoms with E-state index in [1.165, 1.54) is 6.92 Å². The average molecular weight is 434 g/mol. The number of aromatic nitrogens is 6. The van der Waals surface area contributed by atoms with Gasteiger partial charge in [-0.2, -0.15) is 0 Å². The van der Waals surface area contributed by atoms with Crippen molar-refractivity contribution in [1.29, 1.82) is 0 Å². The molecule has 0 unspecified atom stereocenters. The number of H-pyrrole nitrogens is 1. The molecule has 32 heavy (non-hydrogen) atoms. The number of hydrogen-bond donors (Lipinski definition) is 3. The fourth-order valence-electron chi connectivity index (χ4n) is 3.18. The van der Waals surface area contributed by atoms with Crippen LogP contribution in [0.4, 0.5) is 10.7 Å². The van der Waals surface area contributed by atoms with Gasteiger partial charge in [0.25, 0.3) is 0 Å². The largest absolute Gasteiger partial charge is 0.450 e. The summed E-state index contributed by atoms with van der Waals surface area (Å²) in [5, 5.41) is 5.35. The van der Waals surface area contributed by atoms with E-state index < -0.39 is 6.09 Å². The molecule has 4 aromatic rings. The van der Waals surface area contributed by atoms with Crippen molar-refractivity contribution in [2.45, 2.75) is 20.3 Å². The minimum absolute atomic E-state index is 0.0751. The molecule has 4 rings (SSSR count). The predicted octanol–water partition coefficient (Wildman–Crippen LogP) is 2.45. The quantitative estimate of drug-likeness (QED) is 0.406. The monoisotopic (exact) mass is 434 g/mol. The first-order valence-corrected chi connectivity index (χ1v) is 10.1. The number of nitrogens with zero attached hydrogens (tertiary/aromatic N) is 5. The highest BCUT2D eigenvalue weighted by Crippen LogP contribution is 2.29. The molecule has 0 atom stereocenters. The summed E-state index contributed by atoms with van der Waals surface area (Å²) >= 11 is 0. The first-order chi connectivity index (χ1) is 15.5. The van der Waals surface area contributed by atoms with Crippen LogP contribution in [0.3, 0.4) is 0 Å². The summed E-state index contributed by atoms with van der Waals surface area (Å²) in [7, 11) is 0. The van der Waals surface area contributed by atoms with Crippen molar-refractivity contribution in [3.05, 3.63) is 48.8 Å². The number of fused-ring (bicyclic) bond motifs is 1. The summed E-state index contributed by atoms with van der Waals surface area (Å²) in [5.74, 6) is 0.683. The first kappa shape index (κ1) is 21.0. The molecular formula is C21H22N8O3. The summed E-state index contributed by atoms with van der Waals surface area (Å²) in [5.41, 5.74) is 3.64. The van der Waals surface area contributed by atoms with Gasteiger partial charge in [-0.3, -0.25) is 10.1 Å². The van der Waals surface area contributed by atoms with Gasteiger partial charge in [0.1, 0.15) is 5.52 Å². The van der Waals surface area contributed by atoms with Crippen molar-refractivity contribution in [3.8, 4) is 17.1 Å². The SMILES string of the molecule is CCOC(=O)Nc1nc2c(-c3ncccn3)cc(-n3cnc(CCNC(C)=O)c3)cc2[nH]1. The lowest BCUT2D eigenvalue weighted by Gasteiger charge is -2.06. The average Bonchev–Trinajstić information content (AvgIpc) is 3.40. The number of carbonyl (C=O) groups is 2. The zero-order valence-corrected chi connectivity index (χ0v) is 17.6. The van der Waals surface area contributed by atoms with Crippen LogP contribution in [0.15, 0.2) is 43.1 Å². The highest BCUT2D eigenvalue weighted by molar-refractivity contribution is 5.95. The second kappa shape index (κ2) is 9.25. The molecule has 0 bridgehead atoms. The Morgan fingerprint density at radius 3 is 2.75 bits per heavy atom. The molecule has 0 aliphatic carbocycles. The molecule has 0 aliphatic heterocycles. The minimum Gasteiger partial charge on any atom is -0.450 e. The molecule has 0 fully saturated rings. The Hall–Kier alpha value is -4.28. The molecule has 3 aromatic heterocycles. The highest BCUT2D eigenvalue weighted by atomic mass is 16.5. The van der Waals surface area contributed by atoms with Gasteiger partial charge < -0.3 is 19.6 Å². The van der Waals surface area contributed by atoms with Gasteiger partial charge in [0, 0.05) is 49.7 Å². The molecule has 3 heterocycles. The fraction of sp³-hybridized carbons (Fsp3) is 0.238. The summed E-state index contributed by atoms with van der Waals surface area (Å²) < 4.78 is 6.80. The maximum Gasteiger partial charge on any atom is 0.413 e. The van der Waals surface area contributed by atoms with Gasteiger partial charge in [-0.15, -0.1) is 0 Å². The smallest absolute Gasteiger partial charge is 0.413 e. The summed E-state index contributed by atoms with van der Waals surface area (Å²) in [6.45, 7) is 3.98. The van der Waals surface area contributed by atoms with Crippen LogP contribution in [0.1, 0.15) is 19.5 Å². The van der Waals surface area contributed by atoms with Gasteiger partial charge in [-0.1, -0.05) is 0 Å². The third-order valence-electron chi connectivity index (χ3n) is 4.56. The van der Waals surface area contributed by atoms with Crippen molar-refractivity contribution >= 4 is 29.0 Å². The maximum atomic E-state index is 11.8. The van der Waals surface area contributed by atoms with Crippen molar-refractivity contribution < 1.29 is 14.3 Å². The van der Waals surface area contributed by atoms with Crippen LogP contribution in [0.2, 0.25) is 0 Å². The lowest BCUT2D eigenvalue weighted by atomic mass is 10.1. The van der Waals surface area contributed by atoms with Crippen LogP contribution in [-0.2, 0) is 16.0 Å². The van der Waals surface area contributed by atoms with Crippen molar-refractivity contribution in [1.82, 2.24) is 34.8 Å². The number of carbonyl (C=O) groups excluding carboxylic acids is 2. The van der Waals surface area contributed by atoms with E-state index in [0.717, 1.165) is 11.4 Å². The van der Waals surface area contributed by atoms with Gasteiger partial charge in [0.2, 0.25) is 11.9 Å². The van der Waals surface area contributed by atoms with E-state index in [1.54, 1.807) is 31.7 Å². The molecule has 3 N–H and O–H groups in total. The molecule has 1 aromatic carbocycles. The van der Waals surface area contributed by atoms with Gasteiger partial charge in [-0.25, -0.2) is 24.7 Å². The summed E-state index contributed by atoms with van der Waals surface area (Å²) in [6, 6.07) is 5.54. The third-order valence-corrected chi connectivity index (χ3v) is 4.56. The Labute approximate surface area is 183 Å². The Bertz CT molecular complexity index is 1250. The number of imidazole rings is 2. The molecule has 0 saturated carbocycles. The lowest BCUT2D eigenvalue weighted by Crippen LogP contribution is -2.22. The predicted molar refractivity (Wildman–Crippen MR) is 117 cm³/mol. The van der Waals surface area contributed by atoms with Crippen molar-refractivity contribution in [2.75, 3.05) is 18.5 Å². The Morgan fingerprint density at radius 1 is 1.19 bits per heavy atom. The zero-order chi connectivity index (χ0) is 22.5. The summed E-state index contributed by atoms with van der Waals surface area (Å²) in [4.78, 5) is 43.6. The topological polar surface area (TPSA) is 140 Å². The first-order valence-electron chi connectivity index (χ1n) is 10.1. The number of anilines is 1. The molecule has 11 heteroatoms. The van der Waals surface area contributed by atoms with E-state index in [-0.39, 0.29) is 18.5 Å². The second-order valence-electron chi connectivity index (χ2n) is 6.90. The minimum atomic E-state index is -0.595. The molecular weight excluding hydrogens is 412 g/mol. The van der Waals surface area contributed by atoms with Crippen molar-refractivity contribution in [3.63, 3.8) is 0 Å². The number of nitrogens with one attached hydrogen (secondary N) is 3. The Morgan fingerprint density at radius 2 is 2.00 bits per heavy atom. The van der Waals surface area contributed by atoms with Crippen LogP contribution in [0.5, 0.6) is 0 Å². The fourth-order valence-corrected chi connectivity index (χ4v) is 3.18. The third kappa shape index (κ3) is 4.72. The van der Waals surface area contributed by atoms with E-state index in [9.17, 15) is 9.59 Å². The zero-order valence-electron chi connectivity index (χ0n) is 17.6. The molecule has 2 amide bonds. The van der Waals surface area contributed by atoms with Crippen LogP contribution >= 0.6 is 0 Å². The lowest BCUT2D eigenvalue weighted by molar-refractivity contribution is -0.118. The number of hydrogen-bond acceptors (Lipinski definition) is 7. The number of amides is 2. The number of rotatable bonds is 7. The van der Waals surface area contributed by atoms with E-state index >= 15 is 0 Å². The van der Waals surface area contributed by atoms with Crippen LogP contribution in [0.25, 0.3) is 28.1 Å². The summed E-state index contributed by atoms with van der Waals surface area (Å²) in [6.07, 6.45) is 6.93. The standard InChI is InChI=1S/C21H22N8O3/c1-3-32-21(31)28-20-26-17-10-15(29-11-14(25-12-29)5-8-22-13(2)30)9-16(18(17)27-20)19-23-6-4-7-24-19/h4,6-7,9-12H,3,5,8H2,1-2H3,(H,22,30)(H2,26,27,28,31). The van der Waals surface area contributed by atoms with E-state index in [2.05, 4.69) is 35.6 Å². The second-order valence-corrected chi connectivity index (χ2v) is 6.90. The van der Waals surface area contributed by atoms with Crippen LogP contribution < -0.4 is 10.6 Å². The van der Waals surface area contributed by atoms with Crippen LogP contribution in [0, 0.1) is 0 Å². The van der Waals surface area contributed by atoms with E-state index in [4.69, 9.17) is 4.74 Å². The van der Waals surface area contributed by atoms with Gasteiger partial charge in [0.05, 0.1) is 24.1 Å². The molecule has 0 radical (unpaired) electrons. The molecule has 0 saturated heterocycles. The number of aromatic amines is 1.